The van der Waals surface area contributed by atoms with Crippen molar-refractivity contribution in [2.75, 3.05) is 13.1 Å². The van der Waals surface area contributed by atoms with Crippen molar-refractivity contribution in [2.24, 2.45) is 7.05 Å². The van der Waals surface area contributed by atoms with Crippen LogP contribution in [0.3, 0.4) is 0 Å². The molecule has 3 saturated heterocycles. The fourth-order valence-electron chi connectivity index (χ4n) is 5.06. The van der Waals surface area contributed by atoms with Gasteiger partial charge in [-0.2, -0.15) is 0 Å². The van der Waals surface area contributed by atoms with Gasteiger partial charge in [-0.15, -0.1) is 0 Å². The molecule has 30 heavy (non-hydrogen) atoms. The highest BCUT2D eigenvalue weighted by Gasteiger charge is 2.58. The SMILES string of the molecule is Cn1cccc1C(=O)N1CCC2(CC1)O[C@@H]1CC[C@@H](c3cc(F)cc(F)c3)N1C2=O. The molecule has 6 nitrogen and oxygen atoms in total. The molecule has 3 aliphatic heterocycles. The highest BCUT2D eigenvalue weighted by atomic mass is 19.1. The first-order valence-corrected chi connectivity index (χ1v) is 10.3. The van der Waals surface area contributed by atoms with Crippen molar-refractivity contribution < 1.29 is 23.1 Å². The van der Waals surface area contributed by atoms with Gasteiger partial charge in [0.25, 0.3) is 11.8 Å². The maximum absolute atomic E-state index is 13.7. The normalized spacial score (nSPS) is 25.2. The van der Waals surface area contributed by atoms with Gasteiger partial charge in [0, 0.05) is 45.2 Å². The molecule has 0 unspecified atom stereocenters. The van der Waals surface area contributed by atoms with Gasteiger partial charge in [-0.25, -0.2) is 8.78 Å². The number of piperidine rings is 1. The molecule has 3 fully saturated rings. The topological polar surface area (TPSA) is 54.8 Å². The van der Waals surface area contributed by atoms with Gasteiger partial charge in [-0.05, 0) is 42.7 Å². The zero-order chi connectivity index (χ0) is 21.0. The highest BCUT2D eigenvalue weighted by molar-refractivity contribution is 5.93. The zero-order valence-corrected chi connectivity index (χ0v) is 16.7. The van der Waals surface area contributed by atoms with Crippen LogP contribution in [0, 0.1) is 11.6 Å². The Kier molecular flexibility index (Phi) is 4.43. The van der Waals surface area contributed by atoms with Crippen LogP contribution in [0.4, 0.5) is 8.78 Å². The molecule has 0 N–H and O–H groups in total. The van der Waals surface area contributed by atoms with E-state index in [1.807, 2.05) is 19.3 Å². The molecule has 158 valence electrons. The fraction of sp³-hybridized carbons (Fsp3) is 0.455. The lowest BCUT2D eigenvalue weighted by Gasteiger charge is -2.37. The summed E-state index contributed by atoms with van der Waals surface area (Å²) >= 11 is 0. The van der Waals surface area contributed by atoms with Crippen LogP contribution in [0.5, 0.6) is 0 Å². The van der Waals surface area contributed by atoms with Crippen molar-refractivity contribution in [3.05, 3.63) is 59.4 Å². The van der Waals surface area contributed by atoms with Crippen LogP contribution in [0.25, 0.3) is 0 Å². The van der Waals surface area contributed by atoms with E-state index in [0.29, 0.717) is 50.0 Å². The van der Waals surface area contributed by atoms with E-state index in [1.165, 1.54) is 12.1 Å². The Morgan fingerprint density at radius 1 is 1.13 bits per heavy atom. The van der Waals surface area contributed by atoms with Gasteiger partial charge in [0.05, 0.1) is 6.04 Å². The van der Waals surface area contributed by atoms with Crippen LogP contribution in [-0.4, -0.2) is 51.1 Å². The number of fused-ring (bicyclic) bond motifs is 1. The Labute approximate surface area is 173 Å². The average Bonchev–Trinajstić information content (AvgIpc) is 3.38. The minimum Gasteiger partial charge on any atom is -0.347 e. The van der Waals surface area contributed by atoms with E-state index in [2.05, 4.69) is 0 Å². The first-order chi connectivity index (χ1) is 14.4. The van der Waals surface area contributed by atoms with Crippen LogP contribution in [-0.2, 0) is 16.6 Å². The van der Waals surface area contributed by atoms with Gasteiger partial charge in [-0.1, -0.05) is 0 Å². The molecule has 2 aromatic rings. The van der Waals surface area contributed by atoms with Crippen molar-refractivity contribution >= 4 is 11.8 Å². The molecule has 1 aromatic carbocycles. The lowest BCUT2D eigenvalue weighted by molar-refractivity contribution is -0.142. The molecule has 1 spiro atoms. The van der Waals surface area contributed by atoms with Crippen LogP contribution >= 0.6 is 0 Å². The molecule has 5 rings (SSSR count). The lowest BCUT2D eigenvalue weighted by atomic mass is 9.89. The predicted molar refractivity (Wildman–Crippen MR) is 103 cm³/mol. The maximum Gasteiger partial charge on any atom is 0.270 e. The molecule has 0 bridgehead atoms. The summed E-state index contributed by atoms with van der Waals surface area (Å²) in [6.45, 7) is 0.852. The second-order valence-corrected chi connectivity index (χ2v) is 8.37. The van der Waals surface area contributed by atoms with Crippen molar-refractivity contribution in [3.8, 4) is 0 Å². The molecule has 0 radical (unpaired) electrons. The molecule has 4 heterocycles. The number of aromatic nitrogens is 1. The van der Waals surface area contributed by atoms with Crippen molar-refractivity contribution in [1.29, 1.82) is 0 Å². The fourth-order valence-corrected chi connectivity index (χ4v) is 5.06. The molecule has 3 aliphatic rings. The number of aryl methyl sites for hydroxylation is 1. The molecular weight excluding hydrogens is 392 g/mol. The standard InChI is InChI=1S/C22H23F2N3O3/c1-25-8-2-3-18(25)20(28)26-9-6-22(7-10-26)21(29)27-17(4-5-19(27)30-22)14-11-15(23)13-16(24)12-14/h2-3,8,11-13,17,19H,4-7,9-10H2,1H3/t17-,19+/m0/s1. The summed E-state index contributed by atoms with van der Waals surface area (Å²) in [6, 6.07) is 6.62. The molecule has 0 saturated carbocycles. The summed E-state index contributed by atoms with van der Waals surface area (Å²) in [6.07, 6.45) is 3.50. The Hall–Kier alpha value is -2.74. The lowest BCUT2D eigenvalue weighted by Crippen LogP contribution is -2.51. The number of benzene rings is 1. The number of likely N-dealkylation sites (tertiary alicyclic amines) is 1. The number of carbonyl (C=O) groups is 2. The third-order valence-corrected chi connectivity index (χ3v) is 6.61. The highest BCUT2D eigenvalue weighted by Crippen LogP contribution is 2.47. The monoisotopic (exact) mass is 415 g/mol. The predicted octanol–water partition coefficient (Wildman–Crippen LogP) is 3.00. The second kappa shape index (κ2) is 6.91. The Bertz CT molecular complexity index is 993. The first kappa shape index (κ1) is 19.2. The molecule has 0 aliphatic carbocycles. The van der Waals surface area contributed by atoms with Gasteiger partial charge in [0.15, 0.2) is 5.60 Å². The van der Waals surface area contributed by atoms with Crippen LogP contribution < -0.4 is 0 Å². The summed E-state index contributed by atoms with van der Waals surface area (Å²) in [5.41, 5.74) is 0.110. The van der Waals surface area contributed by atoms with E-state index in [4.69, 9.17) is 4.74 Å². The van der Waals surface area contributed by atoms with Crippen molar-refractivity contribution in [2.45, 2.75) is 43.6 Å². The zero-order valence-electron chi connectivity index (χ0n) is 16.7. The van der Waals surface area contributed by atoms with E-state index in [1.54, 1.807) is 20.4 Å². The van der Waals surface area contributed by atoms with E-state index >= 15 is 0 Å². The van der Waals surface area contributed by atoms with Gasteiger partial charge in [0.1, 0.15) is 23.6 Å². The third kappa shape index (κ3) is 2.93. The van der Waals surface area contributed by atoms with E-state index in [9.17, 15) is 18.4 Å². The Balaban J connectivity index is 1.33. The smallest absolute Gasteiger partial charge is 0.270 e. The molecular formula is C22H23F2N3O3. The number of hydrogen-bond acceptors (Lipinski definition) is 3. The van der Waals surface area contributed by atoms with E-state index in [-0.39, 0.29) is 18.0 Å². The number of nitrogens with zero attached hydrogens (tertiary/aromatic N) is 3. The summed E-state index contributed by atoms with van der Waals surface area (Å²) in [7, 11) is 1.83. The number of amides is 2. The summed E-state index contributed by atoms with van der Waals surface area (Å²) in [4.78, 5) is 29.5. The maximum atomic E-state index is 13.7. The quantitative estimate of drug-likeness (QED) is 0.758. The van der Waals surface area contributed by atoms with E-state index in [0.717, 1.165) is 6.07 Å². The van der Waals surface area contributed by atoms with Crippen LogP contribution in [0.15, 0.2) is 36.5 Å². The van der Waals surface area contributed by atoms with Crippen LogP contribution in [0.1, 0.15) is 47.8 Å². The van der Waals surface area contributed by atoms with Gasteiger partial charge in [-0.3, -0.25) is 9.59 Å². The van der Waals surface area contributed by atoms with Gasteiger partial charge in [0.2, 0.25) is 0 Å². The largest absolute Gasteiger partial charge is 0.347 e. The molecule has 2 amide bonds. The minimum absolute atomic E-state index is 0.0589. The van der Waals surface area contributed by atoms with Crippen LogP contribution in [0.2, 0.25) is 0 Å². The average molecular weight is 415 g/mol. The Morgan fingerprint density at radius 3 is 2.47 bits per heavy atom. The Morgan fingerprint density at radius 2 is 1.83 bits per heavy atom. The minimum atomic E-state index is -0.958. The molecule has 1 aromatic heterocycles. The van der Waals surface area contributed by atoms with Gasteiger partial charge >= 0.3 is 0 Å². The number of ether oxygens (including phenoxy) is 1. The number of carbonyl (C=O) groups excluding carboxylic acids is 2. The molecule has 8 heteroatoms. The summed E-state index contributed by atoms with van der Waals surface area (Å²) in [5.74, 6) is -1.49. The summed E-state index contributed by atoms with van der Waals surface area (Å²) < 4.78 is 35.4. The molecule has 2 atom stereocenters. The first-order valence-electron chi connectivity index (χ1n) is 10.3. The number of halogens is 2. The second-order valence-electron chi connectivity index (χ2n) is 8.37. The van der Waals surface area contributed by atoms with Crippen molar-refractivity contribution in [1.82, 2.24) is 14.4 Å². The van der Waals surface area contributed by atoms with Gasteiger partial charge < -0.3 is 19.1 Å². The summed E-state index contributed by atoms with van der Waals surface area (Å²) in [5, 5.41) is 0. The number of rotatable bonds is 2. The van der Waals surface area contributed by atoms with E-state index < -0.39 is 23.3 Å². The third-order valence-electron chi connectivity index (χ3n) is 6.61. The number of hydrogen-bond donors (Lipinski definition) is 0. The van der Waals surface area contributed by atoms with Crippen molar-refractivity contribution in [3.63, 3.8) is 0 Å².